The number of hydrogen-bond donors (Lipinski definition) is 1. The molecule has 8 nitrogen and oxygen atoms in total. The number of aromatic nitrogens is 3. The monoisotopic (exact) mass is 524 g/mol. The van der Waals surface area contributed by atoms with Crippen molar-refractivity contribution in [2.75, 3.05) is 11.9 Å². The fourth-order valence-corrected chi connectivity index (χ4v) is 4.90. The number of hydrogen-bond acceptors (Lipinski definition) is 6. The molecule has 0 bridgehead atoms. The van der Waals surface area contributed by atoms with Crippen LogP contribution in [0.1, 0.15) is 64.0 Å². The zero-order valence-corrected chi connectivity index (χ0v) is 24.6. The van der Waals surface area contributed by atoms with E-state index in [4.69, 9.17) is 9.16 Å². The Hall–Kier alpha value is -3.04. The molecule has 9 heteroatoms. The number of fused-ring (bicyclic) bond motifs is 1. The van der Waals surface area contributed by atoms with Crippen LogP contribution in [0.25, 0.3) is 22.2 Å². The first kappa shape index (κ1) is 28.5. The van der Waals surface area contributed by atoms with E-state index in [0.717, 1.165) is 17.4 Å². The summed E-state index contributed by atoms with van der Waals surface area (Å²) in [5, 5.41) is 3.49. The summed E-state index contributed by atoms with van der Waals surface area (Å²) in [5.74, 6) is 0.300. The number of aryl methyl sites for hydroxylation is 2. The van der Waals surface area contributed by atoms with Gasteiger partial charge in [0.15, 0.2) is 14.6 Å². The van der Waals surface area contributed by atoms with Gasteiger partial charge in [-0.3, -0.25) is 10.1 Å². The van der Waals surface area contributed by atoms with Crippen LogP contribution < -0.4 is 5.32 Å². The van der Waals surface area contributed by atoms with Gasteiger partial charge in [0, 0.05) is 18.7 Å². The molecule has 0 aliphatic rings. The topological polar surface area (TPSA) is 95.3 Å². The number of aldehydes is 1. The van der Waals surface area contributed by atoms with Crippen molar-refractivity contribution in [1.82, 2.24) is 14.5 Å². The summed E-state index contributed by atoms with van der Waals surface area (Å²) >= 11 is 0. The lowest BCUT2D eigenvalue weighted by atomic mass is 10.0. The minimum Gasteiger partial charge on any atom is -0.444 e. The molecular formula is C28H40N4O4Si. The van der Waals surface area contributed by atoms with E-state index in [-0.39, 0.29) is 5.04 Å². The maximum atomic E-state index is 12.6. The summed E-state index contributed by atoms with van der Waals surface area (Å²) in [6.45, 7) is 19.6. The molecule has 37 heavy (non-hydrogen) atoms. The molecule has 3 aromatic rings. The molecule has 0 radical (unpaired) electrons. The molecule has 2 heterocycles. The second kappa shape index (κ2) is 10.7. The molecule has 0 aliphatic carbocycles. The molecule has 0 spiro atoms. The van der Waals surface area contributed by atoms with Gasteiger partial charge >= 0.3 is 6.09 Å². The number of nitrogens with zero attached hydrogens (tertiary/aromatic N) is 3. The highest BCUT2D eigenvalue weighted by molar-refractivity contribution is 6.74. The summed E-state index contributed by atoms with van der Waals surface area (Å²) in [7, 11) is -1.88. The lowest BCUT2D eigenvalue weighted by molar-refractivity contribution is 0.0635. The predicted molar refractivity (Wildman–Crippen MR) is 151 cm³/mol. The molecule has 0 saturated carbocycles. The summed E-state index contributed by atoms with van der Waals surface area (Å²) in [4.78, 5) is 34.0. The first-order chi connectivity index (χ1) is 17.1. The van der Waals surface area contributed by atoms with Crippen LogP contribution in [-0.4, -0.2) is 47.4 Å². The van der Waals surface area contributed by atoms with Crippen LogP contribution in [0.2, 0.25) is 18.1 Å². The number of rotatable bonds is 8. The number of benzene rings is 1. The first-order valence-electron chi connectivity index (χ1n) is 12.7. The largest absolute Gasteiger partial charge is 0.444 e. The Balaban J connectivity index is 2.06. The third-order valence-corrected chi connectivity index (χ3v) is 11.3. The van der Waals surface area contributed by atoms with Crippen LogP contribution in [-0.2, 0) is 15.7 Å². The summed E-state index contributed by atoms with van der Waals surface area (Å²) < 4.78 is 13.7. The third-order valence-electron chi connectivity index (χ3n) is 6.75. The molecule has 0 unspecified atom stereocenters. The highest BCUT2D eigenvalue weighted by Crippen LogP contribution is 2.38. The normalized spacial score (nSPS) is 12.6. The third kappa shape index (κ3) is 6.64. The van der Waals surface area contributed by atoms with Gasteiger partial charge < -0.3 is 13.7 Å². The number of amides is 1. The number of nitrogens with one attached hydrogen (secondary N) is 1. The standard InChI is InChI=1S/C28H40N4O4Si/c1-19-11-13-20(14-12-19)22-21(17-33)32(15-10-16-35-37(8,9)28(5,6)7)25-23(22)24(29-18-30-25)31-26(34)36-27(2,3)4/h11-14,17-18H,10,15-16H2,1-9H3,(H,29,30,31,34). The minimum absolute atomic E-state index is 0.120. The molecule has 1 amide bonds. The average Bonchev–Trinajstić information content (AvgIpc) is 3.09. The molecule has 2 aromatic heterocycles. The van der Waals surface area contributed by atoms with Crippen LogP contribution in [0, 0.1) is 6.92 Å². The van der Waals surface area contributed by atoms with Crippen molar-refractivity contribution in [2.45, 2.75) is 85.2 Å². The van der Waals surface area contributed by atoms with Crippen molar-refractivity contribution in [1.29, 1.82) is 0 Å². The molecule has 1 N–H and O–H groups in total. The van der Waals surface area contributed by atoms with Crippen LogP contribution in [0.4, 0.5) is 10.6 Å². The Bertz CT molecular complexity index is 1270. The van der Waals surface area contributed by atoms with E-state index in [0.29, 0.717) is 47.7 Å². The molecule has 0 saturated heterocycles. The molecule has 0 aliphatic heterocycles. The van der Waals surface area contributed by atoms with Gasteiger partial charge in [-0.2, -0.15) is 0 Å². The molecule has 1 aromatic carbocycles. The molecule has 0 atom stereocenters. The van der Waals surface area contributed by atoms with Crippen molar-refractivity contribution in [2.24, 2.45) is 0 Å². The highest BCUT2D eigenvalue weighted by Gasteiger charge is 2.37. The zero-order chi connectivity index (χ0) is 27.6. The fourth-order valence-electron chi connectivity index (χ4n) is 3.81. The van der Waals surface area contributed by atoms with Gasteiger partial charge in [0.25, 0.3) is 0 Å². The Labute approximate surface area is 220 Å². The maximum absolute atomic E-state index is 12.6. The van der Waals surface area contributed by atoms with Gasteiger partial charge in [0.05, 0.1) is 11.1 Å². The smallest absolute Gasteiger partial charge is 0.413 e. The number of anilines is 1. The number of ether oxygens (including phenoxy) is 1. The van der Waals surface area contributed by atoms with Crippen LogP contribution in [0.3, 0.4) is 0 Å². The zero-order valence-electron chi connectivity index (χ0n) is 23.6. The van der Waals surface area contributed by atoms with Crippen molar-refractivity contribution in [3.63, 3.8) is 0 Å². The Kier molecular flexibility index (Phi) is 8.29. The maximum Gasteiger partial charge on any atom is 0.413 e. The van der Waals surface area contributed by atoms with Crippen LogP contribution in [0.15, 0.2) is 30.6 Å². The number of carbonyl (C=O) groups is 2. The van der Waals surface area contributed by atoms with Crippen LogP contribution >= 0.6 is 0 Å². The van der Waals surface area contributed by atoms with E-state index in [1.807, 2.05) is 35.8 Å². The van der Waals surface area contributed by atoms with Crippen LogP contribution in [0.5, 0.6) is 0 Å². The molecule has 3 rings (SSSR count). The quantitative estimate of drug-likeness (QED) is 0.194. The molecular weight excluding hydrogens is 484 g/mol. The van der Waals surface area contributed by atoms with Crippen molar-refractivity contribution in [3.05, 3.63) is 41.9 Å². The number of carbonyl (C=O) groups excluding carboxylic acids is 2. The summed E-state index contributed by atoms with van der Waals surface area (Å²) in [6, 6.07) is 7.91. The van der Waals surface area contributed by atoms with Gasteiger partial charge in [-0.1, -0.05) is 50.6 Å². The van der Waals surface area contributed by atoms with Gasteiger partial charge in [-0.15, -0.1) is 0 Å². The predicted octanol–water partition coefficient (Wildman–Crippen LogP) is 6.98. The van der Waals surface area contributed by atoms with E-state index in [2.05, 4.69) is 49.1 Å². The van der Waals surface area contributed by atoms with E-state index >= 15 is 0 Å². The van der Waals surface area contributed by atoms with Gasteiger partial charge in [0.1, 0.15) is 23.4 Å². The second-order valence-corrected chi connectivity index (χ2v) is 16.7. The van der Waals surface area contributed by atoms with Gasteiger partial charge in [-0.25, -0.2) is 14.8 Å². The first-order valence-corrected chi connectivity index (χ1v) is 15.6. The second-order valence-electron chi connectivity index (χ2n) is 11.9. The van der Waals surface area contributed by atoms with Crippen molar-refractivity contribution in [3.8, 4) is 11.1 Å². The Morgan fingerprint density at radius 3 is 2.30 bits per heavy atom. The van der Waals surface area contributed by atoms with E-state index in [1.54, 1.807) is 20.8 Å². The average molecular weight is 525 g/mol. The summed E-state index contributed by atoms with van der Waals surface area (Å²) in [6.07, 6.45) is 2.34. The van der Waals surface area contributed by atoms with Crippen molar-refractivity contribution < 1.29 is 18.8 Å². The molecule has 200 valence electrons. The van der Waals surface area contributed by atoms with E-state index in [9.17, 15) is 9.59 Å². The van der Waals surface area contributed by atoms with E-state index in [1.165, 1.54) is 6.33 Å². The van der Waals surface area contributed by atoms with E-state index < -0.39 is 20.0 Å². The van der Waals surface area contributed by atoms with Gasteiger partial charge in [-0.05, 0) is 57.8 Å². The fraction of sp³-hybridized carbons (Fsp3) is 0.500. The van der Waals surface area contributed by atoms with Crippen molar-refractivity contribution >= 4 is 37.5 Å². The lowest BCUT2D eigenvalue weighted by Gasteiger charge is -2.36. The van der Waals surface area contributed by atoms with Gasteiger partial charge in [0.2, 0.25) is 0 Å². The SMILES string of the molecule is Cc1ccc(-c2c(C=O)n(CCCO[Si](C)(C)C(C)(C)C)c3ncnc(NC(=O)OC(C)(C)C)c23)cc1. The lowest BCUT2D eigenvalue weighted by Crippen LogP contribution is -2.41. The highest BCUT2D eigenvalue weighted by atomic mass is 28.4. The summed E-state index contributed by atoms with van der Waals surface area (Å²) in [5.41, 5.74) is 3.02. The molecule has 0 fully saturated rings. The minimum atomic E-state index is -1.88. The Morgan fingerprint density at radius 2 is 1.73 bits per heavy atom. The Morgan fingerprint density at radius 1 is 1.08 bits per heavy atom.